The third-order valence-electron chi connectivity index (χ3n) is 4.28. The van der Waals surface area contributed by atoms with Crippen molar-refractivity contribution < 1.29 is 9.53 Å². The third-order valence-corrected chi connectivity index (χ3v) is 4.28. The molecule has 2 aliphatic heterocycles. The van der Waals surface area contributed by atoms with Crippen molar-refractivity contribution in [1.82, 2.24) is 10.6 Å². The smallest absolute Gasteiger partial charge is 0.251 e. The maximum absolute atomic E-state index is 12.1. The van der Waals surface area contributed by atoms with Crippen LogP contribution < -0.4 is 10.6 Å². The zero-order valence-corrected chi connectivity index (χ0v) is 11.8. The van der Waals surface area contributed by atoms with Gasteiger partial charge in [0.2, 0.25) is 0 Å². The Bertz CT molecular complexity index is 481. The largest absolute Gasteiger partial charge is 0.381 e. The molecule has 1 saturated heterocycles. The van der Waals surface area contributed by atoms with Crippen LogP contribution in [0.2, 0.25) is 0 Å². The predicted molar refractivity (Wildman–Crippen MR) is 77.5 cm³/mol. The van der Waals surface area contributed by atoms with Gasteiger partial charge in [0.05, 0.1) is 0 Å². The van der Waals surface area contributed by atoms with Crippen LogP contribution in [0.15, 0.2) is 18.2 Å². The first kappa shape index (κ1) is 13.6. The lowest BCUT2D eigenvalue weighted by Gasteiger charge is -2.21. The molecule has 0 aliphatic carbocycles. The van der Waals surface area contributed by atoms with Gasteiger partial charge in [-0.3, -0.25) is 4.79 Å². The summed E-state index contributed by atoms with van der Waals surface area (Å²) < 4.78 is 5.35. The minimum absolute atomic E-state index is 0.0479. The first-order valence-electron chi connectivity index (χ1n) is 7.51. The Morgan fingerprint density at radius 2 is 2.05 bits per heavy atom. The van der Waals surface area contributed by atoms with Gasteiger partial charge in [-0.15, -0.1) is 0 Å². The predicted octanol–water partition coefficient (Wildman–Crippen LogP) is 1.84. The number of hydrogen-bond donors (Lipinski definition) is 2. The summed E-state index contributed by atoms with van der Waals surface area (Å²) in [4.78, 5) is 12.1. The molecular formula is C16H22N2O2. The summed E-state index contributed by atoms with van der Waals surface area (Å²) in [7, 11) is 0. The number of nitrogens with one attached hydrogen (secondary N) is 2. The number of carbonyl (C=O) groups is 1. The number of hydrogen-bond acceptors (Lipinski definition) is 3. The van der Waals surface area contributed by atoms with Crippen molar-refractivity contribution in [3.05, 3.63) is 34.9 Å². The Balaban J connectivity index is 1.49. The molecule has 1 fully saturated rings. The average molecular weight is 274 g/mol. The highest BCUT2D eigenvalue weighted by molar-refractivity contribution is 5.94. The standard InChI is InChI=1S/C16H22N2O2/c19-16(18-6-3-12-4-7-20-8-5-12)13-1-2-14-10-17-11-15(14)9-13/h1-2,9,12,17H,3-8,10-11H2,(H,18,19). The normalized spacial score (nSPS) is 18.8. The van der Waals surface area contributed by atoms with Gasteiger partial charge in [-0.2, -0.15) is 0 Å². The van der Waals surface area contributed by atoms with Crippen LogP contribution in [-0.4, -0.2) is 25.7 Å². The van der Waals surface area contributed by atoms with Gasteiger partial charge in [0.15, 0.2) is 0 Å². The molecule has 0 bridgehead atoms. The van der Waals surface area contributed by atoms with Crippen LogP contribution >= 0.6 is 0 Å². The second kappa shape index (κ2) is 6.37. The summed E-state index contributed by atoms with van der Waals surface area (Å²) >= 11 is 0. The van der Waals surface area contributed by atoms with Crippen molar-refractivity contribution in [2.45, 2.75) is 32.4 Å². The van der Waals surface area contributed by atoms with Crippen LogP contribution in [0.4, 0.5) is 0 Å². The average Bonchev–Trinajstić information content (AvgIpc) is 2.95. The van der Waals surface area contributed by atoms with Crippen molar-refractivity contribution in [2.75, 3.05) is 19.8 Å². The molecule has 108 valence electrons. The molecular weight excluding hydrogens is 252 g/mol. The molecule has 1 aromatic carbocycles. The summed E-state index contributed by atoms with van der Waals surface area (Å²) in [5.74, 6) is 0.750. The van der Waals surface area contributed by atoms with Gasteiger partial charge in [-0.1, -0.05) is 6.07 Å². The van der Waals surface area contributed by atoms with E-state index in [1.54, 1.807) is 0 Å². The first-order chi connectivity index (χ1) is 9.83. The number of fused-ring (bicyclic) bond motifs is 1. The van der Waals surface area contributed by atoms with Crippen molar-refractivity contribution in [3.63, 3.8) is 0 Å². The van der Waals surface area contributed by atoms with Crippen molar-refractivity contribution >= 4 is 5.91 Å². The molecule has 0 radical (unpaired) electrons. The van der Waals surface area contributed by atoms with Crippen molar-refractivity contribution in [2.24, 2.45) is 5.92 Å². The van der Waals surface area contributed by atoms with E-state index >= 15 is 0 Å². The van der Waals surface area contributed by atoms with Gasteiger partial charge >= 0.3 is 0 Å². The summed E-state index contributed by atoms with van der Waals surface area (Å²) in [5.41, 5.74) is 3.34. The van der Waals surface area contributed by atoms with E-state index in [0.29, 0.717) is 5.92 Å². The Labute approximate surface area is 119 Å². The minimum atomic E-state index is 0.0479. The molecule has 1 amide bonds. The fourth-order valence-electron chi connectivity index (χ4n) is 2.96. The number of rotatable bonds is 4. The fraction of sp³-hybridized carbons (Fsp3) is 0.562. The highest BCUT2D eigenvalue weighted by Crippen LogP contribution is 2.18. The van der Waals surface area contributed by atoms with Crippen molar-refractivity contribution in [3.8, 4) is 0 Å². The minimum Gasteiger partial charge on any atom is -0.381 e. The molecule has 0 spiro atoms. The lowest BCUT2D eigenvalue weighted by molar-refractivity contribution is 0.0636. The van der Waals surface area contributed by atoms with E-state index in [4.69, 9.17) is 4.74 Å². The second-order valence-electron chi connectivity index (χ2n) is 5.69. The van der Waals surface area contributed by atoms with E-state index in [1.807, 2.05) is 12.1 Å². The Hall–Kier alpha value is -1.39. The number of carbonyl (C=O) groups excluding carboxylic acids is 1. The quantitative estimate of drug-likeness (QED) is 0.881. The summed E-state index contributed by atoms with van der Waals surface area (Å²) in [6.07, 6.45) is 3.31. The monoisotopic (exact) mass is 274 g/mol. The molecule has 2 aliphatic rings. The lowest BCUT2D eigenvalue weighted by atomic mass is 9.96. The van der Waals surface area contributed by atoms with Gasteiger partial charge in [0.1, 0.15) is 0 Å². The molecule has 20 heavy (non-hydrogen) atoms. The van der Waals surface area contributed by atoms with Crippen LogP contribution in [-0.2, 0) is 17.8 Å². The molecule has 3 rings (SSSR count). The van der Waals surface area contributed by atoms with E-state index in [0.717, 1.165) is 57.7 Å². The maximum Gasteiger partial charge on any atom is 0.251 e. The number of amides is 1. The highest BCUT2D eigenvalue weighted by Gasteiger charge is 2.15. The van der Waals surface area contributed by atoms with E-state index in [2.05, 4.69) is 16.7 Å². The molecule has 0 aromatic heterocycles. The van der Waals surface area contributed by atoms with Crippen LogP contribution in [0.5, 0.6) is 0 Å². The van der Waals surface area contributed by atoms with E-state index in [1.165, 1.54) is 11.1 Å². The van der Waals surface area contributed by atoms with Gasteiger partial charge in [0, 0.05) is 38.4 Å². The number of benzene rings is 1. The fourth-order valence-corrected chi connectivity index (χ4v) is 2.96. The highest BCUT2D eigenvalue weighted by atomic mass is 16.5. The second-order valence-corrected chi connectivity index (χ2v) is 5.69. The molecule has 0 saturated carbocycles. The van der Waals surface area contributed by atoms with Gasteiger partial charge in [-0.25, -0.2) is 0 Å². The Morgan fingerprint density at radius 3 is 2.90 bits per heavy atom. The SMILES string of the molecule is O=C(NCCC1CCOCC1)c1ccc2c(c1)CNC2. The van der Waals surface area contributed by atoms with Crippen LogP contribution in [0.3, 0.4) is 0 Å². The van der Waals surface area contributed by atoms with E-state index in [9.17, 15) is 4.79 Å². The van der Waals surface area contributed by atoms with Gasteiger partial charge < -0.3 is 15.4 Å². The molecule has 0 atom stereocenters. The molecule has 4 heteroatoms. The molecule has 1 aromatic rings. The Kier molecular flexibility index (Phi) is 4.33. The zero-order valence-electron chi connectivity index (χ0n) is 11.8. The number of ether oxygens (including phenoxy) is 1. The summed E-state index contributed by atoms with van der Waals surface area (Å²) in [6, 6.07) is 6.00. The van der Waals surface area contributed by atoms with Gasteiger partial charge in [-0.05, 0) is 48.4 Å². The van der Waals surface area contributed by atoms with Gasteiger partial charge in [0.25, 0.3) is 5.91 Å². The topological polar surface area (TPSA) is 50.4 Å². The molecule has 2 heterocycles. The lowest BCUT2D eigenvalue weighted by Crippen LogP contribution is -2.27. The summed E-state index contributed by atoms with van der Waals surface area (Å²) in [6.45, 7) is 4.30. The van der Waals surface area contributed by atoms with Crippen LogP contribution in [0.25, 0.3) is 0 Å². The molecule has 4 nitrogen and oxygen atoms in total. The zero-order chi connectivity index (χ0) is 13.8. The van der Waals surface area contributed by atoms with E-state index < -0.39 is 0 Å². The maximum atomic E-state index is 12.1. The molecule has 0 unspecified atom stereocenters. The molecule has 2 N–H and O–H groups in total. The van der Waals surface area contributed by atoms with Crippen LogP contribution in [0, 0.1) is 5.92 Å². The van der Waals surface area contributed by atoms with E-state index in [-0.39, 0.29) is 5.91 Å². The summed E-state index contributed by atoms with van der Waals surface area (Å²) in [5, 5.41) is 6.33. The third kappa shape index (κ3) is 3.19. The Morgan fingerprint density at radius 1 is 1.25 bits per heavy atom. The first-order valence-corrected chi connectivity index (χ1v) is 7.51. The van der Waals surface area contributed by atoms with Crippen molar-refractivity contribution in [1.29, 1.82) is 0 Å². The van der Waals surface area contributed by atoms with Crippen LogP contribution in [0.1, 0.15) is 40.7 Å².